The summed E-state index contributed by atoms with van der Waals surface area (Å²) >= 11 is 0. The first kappa shape index (κ1) is 6.00. The van der Waals surface area contributed by atoms with E-state index in [2.05, 4.69) is 5.10 Å². The van der Waals surface area contributed by atoms with Gasteiger partial charge in [0, 0.05) is 13.2 Å². The fraction of sp³-hybridized carbons (Fsp3) is 0.100. The van der Waals surface area contributed by atoms with Crippen LogP contribution >= 0.6 is 0 Å². The number of aryl methyl sites for hydroxylation is 1. The molecular weight excluding hydrogens is 148 g/mol. The quantitative estimate of drug-likeness (QED) is 0.623. The summed E-state index contributed by atoms with van der Waals surface area (Å²) in [5, 5.41) is 3.97. The molecule has 0 saturated heterocycles. The second-order valence-corrected chi connectivity index (χ2v) is 2.65. The average molecular weight is 159 g/mol. The standard InChI is InChI=1S/C10H10N2/c1-12-10(7-8-11-12)9-5-3-2-4-6-9/h2-8H,1H3/i8D. The van der Waals surface area contributed by atoms with Gasteiger partial charge in [0.25, 0.3) is 0 Å². The summed E-state index contributed by atoms with van der Waals surface area (Å²) in [5.41, 5.74) is 2.07. The minimum atomic E-state index is 0.307. The molecule has 2 heteroatoms. The van der Waals surface area contributed by atoms with E-state index in [-0.39, 0.29) is 0 Å². The lowest BCUT2D eigenvalue weighted by molar-refractivity contribution is 0.776. The zero-order valence-electron chi connectivity index (χ0n) is 7.86. The fourth-order valence-electron chi connectivity index (χ4n) is 1.20. The topological polar surface area (TPSA) is 17.8 Å². The van der Waals surface area contributed by atoms with Crippen LogP contribution in [0.2, 0.25) is 0 Å². The lowest BCUT2D eigenvalue weighted by atomic mass is 10.2. The van der Waals surface area contributed by atoms with Gasteiger partial charge in [-0.1, -0.05) is 30.3 Å². The van der Waals surface area contributed by atoms with Crippen molar-refractivity contribution in [2.24, 2.45) is 7.05 Å². The maximum absolute atomic E-state index is 7.37. The van der Waals surface area contributed by atoms with E-state index >= 15 is 0 Å². The Morgan fingerprint density at radius 2 is 2.00 bits per heavy atom. The third-order valence-electron chi connectivity index (χ3n) is 1.83. The van der Waals surface area contributed by atoms with Crippen molar-refractivity contribution in [2.75, 3.05) is 0 Å². The van der Waals surface area contributed by atoms with Crippen LogP contribution in [0.3, 0.4) is 0 Å². The van der Waals surface area contributed by atoms with Crippen molar-refractivity contribution in [1.82, 2.24) is 9.78 Å². The van der Waals surface area contributed by atoms with Gasteiger partial charge in [-0.05, 0) is 11.6 Å². The van der Waals surface area contributed by atoms with E-state index in [0.717, 1.165) is 11.3 Å². The van der Waals surface area contributed by atoms with Crippen LogP contribution in [0.1, 0.15) is 1.37 Å². The van der Waals surface area contributed by atoms with Gasteiger partial charge in [0.15, 0.2) is 0 Å². The molecule has 1 aromatic heterocycles. The molecule has 60 valence electrons. The van der Waals surface area contributed by atoms with Gasteiger partial charge in [0.05, 0.1) is 7.06 Å². The minimum absolute atomic E-state index is 0.307. The number of aromatic nitrogens is 2. The molecule has 0 bridgehead atoms. The second kappa shape index (κ2) is 2.81. The molecule has 0 amide bonds. The van der Waals surface area contributed by atoms with Crippen LogP contribution < -0.4 is 0 Å². The summed E-state index contributed by atoms with van der Waals surface area (Å²) in [6.07, 6.45) is 0.307. The maximum Gasteiger partial charge on any atom is 0.0860 e. The van der Waals surface area contributed by atoms with Crippen molar-refractivity contribution in [2.45, 2.75) is 0 Å². The molecule has 0 saturated carbocycles. The third kappa shape index (κ3) is 1.11. The predicted octanol–water partition coefficient (Wildman–Crippen LogP) is 2.09. The summed E-state index contributed by atoms with van der Waals surface area (Å²) in [4.78, 5) is 0. The van der Waals surface area contributed by atoms with Crippen LogP contribution in [0.5, 0.6) is 0 Å². The highest BCUT2D eigenvalue weighted by atomic mass is 15.2. The number of hydrogen-bond donors (Lipinski definition) is 0. The van der Waals surface area contributed by atoms with E-state index in [1.54, 1.807) is 10.7 Å². The van der Waals surface area contributed by atoms with Crippen molar-refractivity contribution in [1.29, 1.82) is 0 Å². The van der Waals surface area contributed by atoms with Crippen molar-refractivity contribution in [3.63, 3.8) is 0 Å². The molecular formula is C10H10N2. The molecule has 0 aliphatic heterocycles. The molecule has 2 rings (SSSR count). The average Bonchev–Trinajstić information content (AvgIpc) is 2.47. The largest absolute Gasteiger partial charge is 0.268 e. The molecule has 2 nitrogen and oxygen atoms in total. The third-order valence-corrected chi connectivity index (χ3v) is 1.83. The van der Waals surface area contributed by atoms with E-state index in [9.17, 15) is 0 Å². The molecule has 0 aliphatic carbocycles. The van der Waals surface area contributed by atoms with Crippen molar-refractivity contribution >= 4 is 0 Å². The molecule has 0 fully saturated rings. The Hall–Kier alpha value is -1.57. The van der Waals surface area contributed by atoms with Crippen LogP contribution in [-0.4, -0.2) is 9.78 Å². The van der Waals surface area contributed by atoms with E-state index in [0.29, 0.717) is 6.17 Å². The predicted molar refractivity (Wildman–Crippen MR) is 48.6 cm³/mol. The Labute approximate surface area is 72.9 Å². The normalized spacial score (nSPS) is 11.2. The Bertz CT molecular complexity index is 406. The summed E-state index contributed by atoms with van der Waals surface area (Å²) in [5.74, 6) is 0. The monoisotopic (exact) mass is 159 g/mol. The SMILES string of the molecule is [2H]c1cc(-c2ccccc2)n(C)n1. The van der Waals surface area contributed by atoms with Gasteiger partial charge in [-0.2, -0.15) is 5.10 Å². The first-order chi connectivity index (χ1) is 6.27. The molecule has 12 heavy (non-hydrogen) atoms. The summed E-state index contributed by atoms with van der Waals surface area (Å²) < 4.78 is 9.09. The highest BCUT2D eigenvalue weighted by Crippen LogP contribution is 2.16. The number of benzene rings is 1. The lowest BCUT2D eigenvalue weighted by Gasteiger charge is -1.99. The first-order valence-electron chi connectivity index (χ1n) is 4.33. The first-order valence-corrected chi connectivity index (χ1v) is 3.83. The molecule has 0 N–H and O–H groups in total. The van der Waals surface area contributed by atoms with Gasteiger partial charge in [-0.15, -0.1) is 0 Å². The van der Waals surface area contributed by atoms with Crippen molar-refractivity contribution in [3.8, 4) is 11.3 Å². The molecule has 1 aromatic carbocycles. The molecule has 0 atom stereocenters. The Balaban J connectivity index is 2.53. The summed E-state index contributed by atoms with van der Waals surface area (Å²) in [6, 6.07) is 11.7. The van der Waals surface area contributed by atoms with Crippen molar-refractivity contribution < 1.29 is 1.37 Å². The van der Waals surface area contributed by atoms with Gasteiger partial charge >= 0.3 is 0 Å². The Morgan fingerprint density at radius 1 is 1.25 bits per heavy atom. The summed E-state index contributed by atoms with van der Waals surface area (Å²) in [6.45, 7) is 0. The molecule has 0 unspecified atom stereocenters. The highest BCUT2D eigenvalue weighted by molar-refractivity contribution is 5.58. The smallest absolute Gasteiger partial charge is 0.0860 e. The maximum atomic E-state index is 7.37. The zero-order valence-corrected chi connectivity index (χ0v) is 6.86. The zero-order chi connectivity index (χ0) is 9.26. The Kier molecular flexibility index (Phi) is 1.41. The number of nitrogens with zero attached hydrogens (tertiary/aromatic N) is 2. The summed E-state index contributed by atoms with van der Waals surface area (Å²) in [7, 11) is 1.85. The van der Waals surface area contributed by atoms with Crippen LogP contribution in [0.4, 0.5) is 0 Å². The molecule has 0 spiro atoms. The van der Waals surface area contributed by atoms with Gasteiger partial charge < -0.3 is 0 Å². The van der Waals surface area contributed by atoms with Gasteiger partial charge in [0.2, 0.25) is 0 Å². The molecule has 1 heterocycles. The van der Waals surface area contributed by atoms with E-state index < -0.39 is 0 Å². The van der Waals surface area contributed by atoms with Crippen LogP contribution in [0.25, 0.3) is 11.3 Å². The van der Waals surface area contributed by atoms with Crippen LogP contribution in [-0.2, 0) is 7.05 Å². The molecule has 0 radical (unpaired) electrons. The number of rotatable bonds is 1. The van der Waals surface area contributed by atoms with Crippen LogP contribution in [0, 0.1) is 0 Å². The molecule has 0 aliphatic rings. The minimum Gasteiger partial charge on any atom is -0.268 e. The van der Waals surface area contributed by atoms with Crippen LogP contribution in [0.15, 0.2) is 42.6 Å². The number of hydrogen-bond acceptors (Lipinski definition) is 1. The van der Waals surface area contributed by atoms with Gasteiger partial charge in [-0.25, -0.2) is 0 Å². The second-order valence-electron chi connectivity index (χ2n) is 2.65. The molecule has 2 aromatic rings. The Morgan fingerprint density at radius 3 is 2.58 bits per heavy atom. The van der Waals surface area contributed by atoms with E-state index in [1.807, 2.05) is 37.4 Å². The van der Waals surface area contributed by atoms with E-state index in [1.165, 1.54) is 0 Å². The lowest BCUT2D eigenvalue weighted by Crippen LogP contribution is -1.92. The van der Waals surface area contributed by atoms with Gasteiger partial charge in [0.1, 0.15) is 0 Å². The van der Waals surface area contributed by atoms with Crippen molar-refractivity contribution in [3.05, 3.63) is 42.6 Å². The highest BCUT2D eigenvalue weighted by Gasteiger charge is 1.98. The van der Waals surface area contributed by atoms with Gasteiger partial charge in [-0.3, -0.25) is 4.68 Å². The van der Waals surface area contributed by atoms with E-state index in [4.69, 9.17) is 1.37 Å². The fourth-order valence-corrected chi connectivity index (χ4v) is 1.20.